The molecule has 0 spiro atoms. The number of rotatable bonds is 16. The van der Waals surface area contributed by atoms with E-state index in [-0.39, 0.29) is 6.10 Å². The Morgan fingerprint density at radius 1 is 0.968 bits per heavy atom. The molecule has 31 heavy (non-hydrogen) atoms. The molecule has 0 aliphatic carbocycles. The summed E-state index contributed by atoms with van der Waals surface area (Å²) in [5, 5.41) is 0. The summed E-state index contributed by atoms with van der Waals surface area (Å²) in [5.41, 5.74) is 3.09. The van der Waals surface area contributed by atoms with Crippen LogP contribution in [0.15, 0.2) is 34.4 Å². The van der Waals surface area contributed by atoms with Crippen LogP contribution < -0.4 is 0 Å². The molecule has 2 radical (unpaired) electrons. The van der Waals surface area contributed by atoms with Gasteiger partial charge in [-0.25, -0.2) is 0 Å². The first-order valence-corrected chi connectivity index (χ1v) is 21.7. The van der Waals surface area contributed by atoms with E-state index in [0.29, 0.717) is 15.2 Å². The normalized spacial score (nSPS) is 13.8. The van der Waals surface area contributed by atoms with Crippen molar-refractivity contribution < 1.29 is 4.43 Å². The van der Waals surface area contributed by atoms with Crippen molar-refractivity contribution in [1.82, 2.24) is 0 Å². The second-order valence-electron chi connectivity index (χ2n) is 10.8. The van der Waals surface area contributed by atoms with Gasteiger partial charge in [-0.05, 0) is 0 Å². The van der Waals surface area contributed by atoms with Crippen LogP contribution in [-0.4, -0.2) is 34.2 Å². The Labute approximate surface area is 201 Å². The van der Waals surface area contributed by atoms with Crippen LogP contribution >= 0.6 is 0 Å². The van der Waals surface area contributed by atoms with Crippen molar-refractivity contribution in [3.8, 4) is 0 Å². The second-order valence-corrected chi connectivity index (χ2v) is 24.7. The Morgan fingerprint density at radius 3 is 2.03 bits per heavy atom. The predicted octanol–water partition coefficient (Wildman–Crippen LogP) is 8.95. The number of hydrogen-bond donors (Lipinski definition) is 0. The summed E-state index contributed by atoms with van der Waals surface area (Å²) in [6, 6.07) is 10.1. The quantitative estimate of drug-likeness (QED) is 0.187. The number of unbranched alkanes of at least 4 members (excludes halogenated alkanes) is 3. The molecular weight excluding hydrogens is 499 g/mol. The molecule has 0 saturated heterocycles. The molecular formula is C28H50OSiSn. The first kappa shape index (κ1) is 29.0. The molecule has 1 nitrogen and oxygen atoms in total. The molecule has 0 N–H and O–H groups in total. The summed E-state index contributed by atoms with van der Waals surface area (Å²) in [5.74, 6) is 0. The average molecular weight is 550 g/mol. The Balaban J connectivity index is 3.05. The second kappa shape index (κ2) is 15.7. The SMILES string of the molecule is CCC[CH2][Sn](/[CH]=C/[C@@H](Cc1cccc(C)c1)O[Si]CC(C)(C)C)([CH2]CCC)[CH2]CCC. The molecule has 1 atom stereocenters. The minimum atomic E-state index is -2.27. The minimum absolute atomic E-state index is 0.225. The van der Waals surface area contributed by atoms with Gasteiger partial charge < -0.3 is 0 Å². The van der Waals surface area contributed by atoms with Crippen LogP contribution in [0, 0.1) is 12.3 Å². The van der Waals surface area contributed by atoms with Crippen LogP contribution in [0.3, 0.4) is 0 Å². The van der Waals surface area contributed by atoms with E-state index in [1.807, 2.05) is 0 Å². The van der Waals surface area contributed by atoms with Crippen LogP contribution in [0.1, 0.15) is 91.2 Å². The summed E-state index contributed by atoms with van der Waals surface area (Å²) in [6.45, 7) is 16.2. The summed E-state index contributed by atoms with van der Waals surface area (Å²) in [6.07, 6.45) is 12.0. The fourth-order valence-electron chi connectivity index (χ4n) is 4.11. The van der Waals surface area contributed by atoms with Crippen molar-refractivity contribution in [1.29, 1.82) is 0 Å². The number of aryl methyl sites for hydroxylation is 1. The molecule has 1 aromatic rings. The van der Waals surface area contributed by atoms with Gasteiger partial charge in [-0.3, -0.25) is 0 Å². The van der Waals surface area contributed by atoms with Gasteiger partial charge >= 0.3 is 202 Å². The van der Waals surface area contributed by atoms with Gasteiger partial charge in [-0.2, -0.15) is 0 Å². The average Bonchev–Trinajstić information content (AvgIpc) is 2.71. The zero-order chi connectivity index (χ0) is 23.2. The number of benzene rings is 1. The van der Waals surface area contributed by atoms with Crippen molar-refractivity contribution in [2.24, 2.45) is 5.41 Å². The van der Waals surface area contributed by atoms with Gasteiger partial charge in [0, 0.05) is 0 Å². The van der Waals surface area contributed by atoms with Gasteiger partial charge in [-0.1, -0.05) is 0 Å². The van der Waals surface area contributed by atoms with E-state index in [2.05, 4.69) is 82.9 Å². The molecule has 0 unspecified atom stereocenters. The zero-order valence-electron chi connectivity index (χ0n) is 21.7. The topological polar surface area (TPSA) is 9.23 Å². The fourth-order valence-corrected chi connectivity index (χ4v) is 19.4. The molecule has 3 heteroatoms. The summed E-state index contributed by atoms with van der Waals surface area (Å²) in [4.78, 5) is 0. The molecule has 0 aromatic heterocycles. The van der Waals surface area contributed by atoms with Gasteiger partial charge in [0.1, 0.15) is 0 Å². The van der Waals surface area contributed by atoms with Gasteiger partial charge in [-0.15, -0.1) is 0 Å². The van der Waals surface area contributed by atoms with E-state index in [4.69, 9.17) is 4.43 Å². The zero-order valence-corrected chi connectivity index (χ0v) is 25.6. The molecule has 0 aliphatic rings. The molecule has 0 saturated carbocycles. The van der Waals surface area contributed by atoms with Crippen molar-refractivity contribution in [2.75, 3.05) is 0 Å². The van der Waals surface area contributed by atoms with E-state index in [9.17, 15) is 0 Å². The summed E-state index contributed by atoms with van der Waals surface area (Å²) < 4.78 is 13.9. The predicted molar refractivity (Wildman–Crippen MR) is 144 cm³/mol. The first-order valence-electron chi connectivity index (χ1n) is 12.9. The maximum absolute atomic E-state index is 6.55. The molecule has 1 aromatic carbocycles. The van der Waals surface area contributed by atoms with E-state index in [1.54, 1.807) is 0 Å². The monoisotopic (exact) mass is 550 g/mol. The molecule has 0 heterocycles. The molecule has 176 valence electrons. The Kier molecular flexibility index (Phi) is 14.7. The van der Waals surface area contributed by atoms with Crippen LogP contribution in [0.4, 0.5) is 0 Å². The third kappa shape index (κ3) is 13.3. The standard InChI is InChI=1S/C16H23OSi.3C4H9.Sn/c1-6-15(17-18-12-16(3,4)5)11-14-9-7-8-13(2)10-14;3*1-3-4-2;/h1,6-10,15H,11-12H2,2-5H3;3*1,3-4H2,2H3;/t15-;;;;/m0..../s1. The van der Waals surface area contributed by atoms with Gasteiger partial charge in [0.05, 0.1) is 0 Å². The fraction of sp³-hybridized carbons (Fsp3) is 0.714. The Morgan fingerprint density at radius 2 is 1.55 bits per heavy atom. The molecule has 0 fully saturated rings. The summed E-state index contributed by atoms with van der Waals surface area (Å²) in [7, 11) is 0.581. The van der Waals surface area contributed by atoms with E-state index in [0.717, 1.165) is 12.5 Å². The number of hydrogen-bond acceptors (Lipinski definition) is 1. The maximum atomic E-state index is 6.55. The van der Waals surface area contributed by atoms with E-state index in [1.165, 1.54) is 63.0 Å². The Bertz CT molecular complexity index is 598. The third-order valence-corrected chi connectivity index (χ3v) is 21.9. The van der Waals surface area contributed by atoms with Gasteiger partial charge in [0.2, 0.25) is 0 Å². The van der Waals surface area contributed by atoms with Gasteiger partial charge in [0.25, 0.3) is 0 Å². The molecule has 1 rings (SSSR count). The van der Waals surface area contributed by atoms with Crippen molar-refractivity contribution in [3.63, 3.8) is 0 Å². The van der Waals surface area contributed by atoms with E-state index < -0.39 is 18.4 Å². The Hall–Kier alpha value is -0.0644. The van der Waals surface area contributed by atoms with Crippen LogP contribution in [0.5, 0.6) is 0 Å². The molecule has 0 aliphatic heterocycles. The van der Waals surface area contributed by atoms with Crippen LogP contribution in [0.2, 0.25) is 19.4 Å². The van der Waals surface area contributed by atoms with Crippen molar-refractivity contribution in [3.05, 3.63) is 45.6 Å². The summed E-state index contributed by atoms with van der Waals surface area (Å²) >= 11 is -2.27. The van der Waals surface area contributed by atoms with E-state index >= 15 is 0 Å². The molecule has 0 amide bonds. The van der Waals surface area contributed by atoms with Crippen LogP contribution in [-0.2, 0) is 10.8 Å². The van der Waals surface area contributed by atoms with Crippen molar-refractivity contribution >= 4 is 28.1 Å². The van der Waals surface area contributed by atoms with Crippen molar-refractivity contribution in [2.45, 2.75) is 119 Å². The van der Waals surface area contributed by atoms with Crippen LogP contribution in [0.25, 0.3) is 0 Å². The van der Waals surface area contributed by atoms with Gasteiger partial charge in [0.15, 0.2) is 0 Å². The molecule has 0 bridgehead atoms. The third-order valence-electron chi connectivity index (χ3n) is 6.11. The first-order chi connectivity index (χ1) is 14.7.